The Morgan fingerprint density at radius 1 is 1.11 bits per heavy atom. The van der Waals surface area contributed by atoms with E-state index >= 15 is 0 Å². The number of rotatable bonds is 2. The highest BCUT2D eigenvalue weighted by atomic mass is 79.9. The van der Waals surface area contributed by atoms with Crippen molar-refractivity contribution in [2.45, 2.75) is 31.6 Å². The van der Waals surface area contributed by atoms with Gasteiger partial charge >= 0.3 is 0 Å². The van der Waals surface area contributed by atoms with Crippen LogP contribution >= 0.6 is 15.9 Å². The molecule has 2 aromatic heterocycles. The maximum Gasteiger partial charge on any atom is 0.223 e. The van der Waals surface area contributed by atoms with E-state index in [4.69, 9.17) is 5.73 Å². The SMILES string of the molecule is Nc1nc(-c2ccc(Br)cn2)nc(C2CCCC2)n1. The summed E-state index contributed by atoms with van der Waals surface area (Å²) >= 11 is 3.36. The van der Waals surface area contributed by atoms with Crippen LogP contribution in [0.2, 0.25) is 0 Å². The van der Waals surface area contributed by atoms with Crippen LogP contribution in [0.1, 0.15) is 37.4 Å². The number of anilines is 1. The van der Waals surface area contributed by atoms with Crippen molar-refractivity contribution in [3.63, 3.8) is 0 Å². The molecule has 0 unspecified atom stereocenters. The minimum Gasteiger partial charge on any atom is -0.368 e. The standard InChI is InChI=1S/C13H14BrN5/c14-9-5-6-10(16-7-9)12-17-11(18-13(15)19-12)8-3-1-2-4-8/h5-8H,1-4H2,(H2,15,17,18,19). The van der Waals surface area contributed by atoms with Gasteiger partial charge in [-0.1, -0.05) is 12.8 Å². The van der Waals surface area contributed by atoms with Crippen molar-refractivity contribution in [3.05, 3.63) is 28.6 Å². The van der Waals surface area contributed by atoms with E-state index in [-0.39, 0.29) is 5.95 Å². The van der Waals surface area contributed by atoms with Gasteiger partial charge in [0.05, 0.1) is 0 Å². The Balaban J connectivity index is 1.99. The molecule has 98 valence electrons. The lowest BCUT2D eigenvalue weighted by Crippen LogP contribution is -2.08. The number of nitrogens with two attached hydrogens (primary N) is 1. The van der Waals surface area contributed by atoms with E-state index in [2.05, 4.69) is 35.9 Å². The average molecular weight is 320 g/mol. The highest BCUT2D eigenvalue weighted by molar-refractivity contribution is 9.10. The molecule has 2 heterocycles. The minimum absolute atomic E-state index is 0.275. The molecule has 0 aliphatic heterocycles. The number of nitrogens with zero attached hydrogens (tertiary/aromatic N) is 4. The van der Waals surface area contributed by atoms with Crippen LogP contribution in [0.5, 0.6) is 0 Å². The molecule has 0 saturated heterocycles. The molecule has 1 saturated carbocycles. The summed E-state index contributed by atoms with van der Waals surface area (Å²) in [5.74, 6) is 2.06. The van der Waals surface area contributed by atoms with Gasteiger partial charge in [-0.15, -0.1) is 0 Å². The van der Waals surface area contributed by atoms with Crippen LogP contribution < -0.4 is 5.73 Å². The van der Waals surface area contributed by atoms with Gasteiger partial charge < -0.3 is 5.73 Å². The average Bonchev–Trinajstić information content (AvgIpc) is 2.93. The van der Waals surface area contributed by atoms with Crippen LogP contribution in [-0.4, -0.2) is 19.9 Å². The van der Waals surface area contributed by atoms with E-state index in [9.17, 15) is 0 Å². The molecule has 3 rings (SSSR count). The Labute approximate surface area is 119 Å². The largest absolute Gasteiger partial charge is 0.368 e. The quantitative estimate of drug-likeness (QED) is 0.920. The third kappa shape index (κ3) is 2.73. The van der Waals surface area contributed by atoms with Crippen molar-refractivity contribution in [2.24, 2.45) is 0 Å². The van der Waals surface area contributed by atoms with Crippen molar-refractivity contribution < 1.29 is 0 Å². The van der Waals surface area contributed by atoms with Gasteiger partial charge in [-0.25, -0.2) is 4.98 Å². The molecule has 0 radical (unpaired) electrons. The van der Waals surface area contributed by atoms with Gasteiger partial charge in [0, 0.05) is 16.6 Å². The number of nitrogen functional groups attached to an aromatic ring is 1. The van der Waals surface area contributed by atoms with Crippen molar-refractivity contribution in [1.82, 2.24) is 19.9 Å². The maximum absolute atomic E-state index is 5.80. The zero-order chi connectivity index (χ0) is 13.2. The monoisotopic (exact) mass is 319 g/mol. The van der Waals surface area contributed by atoms with Crippen LogP contribution in [0.25, 0.3) is 11.5 Å². The fraction of sp³-hybridized carbons (Fsp3) is 0.385. The topological polar surface area (TPSA) is 77.6 Å². The molecule has 6 heteroatoms. The third-order valence-corrected chi connectivity index (χ3v) is 3.82. The Bertz CT molecular complexity index is 578. The molecule has 0 bridgehead atoms. The second-order valence-electron chi connectivity index (χ2n) is 4.72. The van der Waals surface area contributed by atoms with E-state index in [0.29, 0.717) is 11.7 Å². The zero-order valence-corrected chi connectivity index (χ0v) is 12.0. The van der Waals surface area contributed by atoms with E-state index in [1.54, 1.807) is 6.20 Å². The molecule has 19 heavy (non-hydrogen) atoms. The van der Waals surface area contributed by atoms with Gasteiger partial charge in [-0.3, -0.25) is 4.98 Å². The molecule has 1 fully saturated rings. The third-order valence-electron chi connectivity index (χ3n) is 3.35. The lowest BCUT2D eigenvalue weighted by molar-refractivity contribution is 0.664. The Kier molecular flexibility index (Phi) is 3.42. The van der Waals surface area contributed by atoms with Gasteiger partial charge in [0.15, 0.2) is 5.82 Å². The number of aromatic nitrogens is 4. The molecule has 5 nitrogen and oxygen atoms in total. The fourth-order valence-corrected chi connectivity index (χ4v) is 2.63. The van der Waals surface area contributed by atoms with E-state index in [0.717, 1.165) is 28.8 Å². The predicted octanol–water partition coefficient (Wildman–Crippen LogP) is 2.94. The minimum atomic E-state index is 0.275. The van der Waals surface area contributed by atoms with Gasteiger partial charge in [-0.05, 0) is 40.9 Å². The summed E-state index contributed by atoms with van der Waals surface area (Å²) in [5.41, 5.74) is 6.51. The van der Waals surface area contributed by atoms with Gasteiger partial charge in [0.1, 0.15) is 11.5 Å². The van der Waals surface area contributed by atoms with E-state index < -0.39 is 0 Å². The smallest absolute Gasteiger partial charge is 0.223 e. The molecular weight excluding hydrogens is 306 g/mol. The van der Waals surface area contributed by atoms with Crippen LogP contribution in [0.15, 0.2) is 22.8 Å². The van der Waals surface area contributed by atoms with Crippen molar-refractivity contribution in [3.8, 4) is 11.5 Å². The molecule has 1 aliphatic rings. The number of halogens is 1. The first kappa shape index (κ1) is 12.5. The first-order valence-electron chi connectivity index (χ1n) is 6.36. The first-order chi connectivity index (χ1) is 9.22. The lowest BCUT2D eigenvalue weighted by Gasteiger charge is -2.09. The highest BCUT2D eigenvalue weighted by Crippen LogP contribution is 2.32. The summed E-state index contributed by atoms with van der Waals surface area (Å²) in [6, 6.07) is 3.79. The molecule has 1 aliphatic carbocycles. The Morgan fingerprint density at radius 2 is 1.89 bits per heavy atom. The molecule has 0 spiro atoms. The second-order valence-corrected chi connectivity index (χ2v) is 5.63. The summed E-state index contributed by atoms with van der Waals surface area (Å²) < 4.78 is 0.925. The van der Waals surface area contributed by atoms with Crippen LogP contribution in [0.4, 0.5) is 5.95 Å². The van der Waals surface area contributed by atoms with Crippen LogP contribution in [0, 0.1) is 0 Å². The van der Waals surface area contributed by atoms with Crippen molar-refractivity contribution in [2.75, 3.05) is 5.73 Å². The highest BCUT2D eigenvalue weighted by Gasteiger charge is 2.21. The maximum atomic E-state index is 5.80. The van der Waals surface area contributed by atoms with Gasteiger partial charge in [0.2, 0.25) is 5.95 Å². The van der Waals surface area contributed by atoms with Crippen LogP contribution in [-0.2, 0) is 0 Å². The molecule has 2 aromatic rings. The second kappa shape index (κ2) is 5.21. The number of hydrogen-bond donors (Lipinski definition) is 1. The molecule has 0 aromatic carbocycles. The molecular formula is C13H14BrN5. The predicted molar refractivity (Wildman–Crippen MR) is 76.4 cm³/mol. The molecule has 0 amide bonds. The Morgan fingerprint density at radius 3 is 2.58 bits per heavy atom. The van der Waals surface area contributed by atoms with Gasteiger partial charge in [0.25, 0.3) is 0 Å². The van der Waals surface area contributed by atoms with Crippen molar-refractivity contribution in [1.29, 1.82) is 0 Å². The zero-order valence-electron chi connectivity index (χ0n) is 10.4. The first-order valence-corrected chi connectivity index (χ1v) is 7.15. The summed E-state index contributed by atoms with van der Waals surface area (Å²) in [5, 5.41) is 0. The van der Waals surface area contributed by atoms with E-state index in [1.165, 1.54) is 12.8 Å². The van der Waals surface area contributed by atoms with Crippen molar-refractivity contribution >= 4 is 21.9 Å². The fourth-order valence-electron chi connectivity index (χ4n) is 2.40. The summed E-state index contributed by atoms with van der Waals surface area (Å²) in [6.07, 6.45) is 6.47. The normalized spacial score (nSPS) is 15.8. The molecule has 2 N–H and O–H groups in total. The lowest BCUT2D eigenvalue weighted by atomic mass is 10.1. The summed E-state index contributed by atoms with van der Waals surface area (Å²) in [6.45, 7) is 0. The summed E-state index contributed by atoms with van der Waals surface area (Å²) in [7, 11) is 0. The number of pyridine rings is 1. The summed E-state index contributed by atoms with van der Waals surface area (Å²) in [4.78, 5) is 17.3. The van der Waals surface area contributed by atoms with Gasteiger partial charge in [-0.2, -0.15) is 9.97 Å². The van der Waals surface area contributed by atoms with Crippen LogP contribution in [0.3, 0.4) is 0 Å². The number of hydrogen-bond acceptors (Lipinski definition) is 5. The Hall–Kier alpha value is -1.56. The molecule has 0 atom stereocenters. The van der Waals surface area contributed by atoms with E-state index in [1.807, 2.05) is 12.1 Å².